The molecule has 0 radical (unpaired) electrons. The molecule has 1 aromatic carbocycles. The topological polar surface area (TPSA) is 67.2 Å². The Labute approximate surface area is 170 Å². The predicted molar refractivity (Wildman–Crippen MR) is 113 cm³/mol. The van der Waals surface area contributed by atoms with Crippen LogP contribution in [0.15, 0.2) is 30.3 Å². The fourth-order valence-electron chi connectivity index (χ4n) is 4.48. The fraction of sp³-hybridized carbons (Fsp3) is 0.455. The van der Waals surface area contributed by atoms with Crippen LogP contribution in [0, 0.1) is 12.3 Å². The van der Waals surface area contributed by atoms with Gasteiger partial charge in [-0.3, -0.25) is 9.69 Å². The largest absolute Gasteiger partial charge is 0.355 e. The van der Waals surface area contributed by atoms with Crippen LogP contribution in [0.25, 0.3) is 11.0 Å². The normalized spacial score (nSPS) is 19.2. The molecule has 2 aromatic heterocycles. The van der Waals surface area contributed by atoms with Crippen LogP contribution in [0.2, 0.25) is 0 Å². The minimum absolute atomic E-state index is 0.0157. The van der Waals surface area contributed by atoms with Gasteiger partial charge in [0, 0.05) is 39.2 Å². The van der Waals surface area contributed by atoms with E-state index >= 15 is 0 Å². The standard InChI is InChI=1S/C22H26N6O/c1-14-23-18(9-19(24-14)28-13-22(2,3)10-20(28)29)27-11-15(12-27)21-25-16-7-5-6-8-17(16)26(21)4/h5-9,15H,10-13H2,1-4H3. The number of anilines is 2. The summed E-state index contributed by atoms with van der Waals surface area (Å²) in [6.45, 7) is 8.57. The maximum atomic E-state index is 12.5. The Kier molecular flexibility index (Phi) is 3.91. The number of rotatable bonds is 3. The first kappa shape index (κ1) is 18.1. The van der Waals surface area contributed by atoms with Crippen molar-refractivity contribution in [1.29, 1.82) is 0 Å². The number of para-hydroxylation sites is 2. The summed E-state index contributed by atoms with van der Waals surface area (Å²) in [6.07, 6.45) is 0.559. The lowest BCUT2D eigenvalue weighted by Crippen LogP contribution is -2.46. The molecule has 7 heteroatoms. The summed E-state index contributed by atoms with van der Waals surface area (Å²) in [5, 5.41) is 0. The minimum atomic E-state index is -0.0157. The zero-order valence-electron chi connectivity index (χ0n) is 17.4. The van der Waals surface area contributed by atoms with Crippen molar-refractivity contribution in [3.63, 3.8) is 0 Å². The second-order valence-corrected chi connectivity index (χ2v) is 9.07. The van der Waals surface area contributed by atoms with Crippen molar-refractivity contribution in [1.82, 2.24) is 19.5 Å². The van der Waals surface area contributed by atoms with Gasteiger partial charge in [-0.2, -0.15) is 0 Å². The number of amides is 1. The van der Waals surface area contributed by atoms with E-state index in [4.69, 9.17) is 4.98 Å². The van der Waals surface area contributed by atoms with Crippen molar-refractivity contribution in [2.45, 2.75) is 33.1 Å². The molecule has 0 aliphatic carbocycles. The zero-order valence-corrected chi connectivity index (χ0v) is 17.4. The number of imidazole rings is 1. The number of benzene rings is 1. The Morgan fingerprint density at radius 1 is 1.07 bits per heavy atom. The minimum Gasteiger partial charge on any atom is -0.355 e. The number of carbonyl (C=O) groups excluding carboxylic acids is 1. The number of carbonyl (C=O) groups is 1. The van der Waals surface area contributed by atoms with E-state index in [0.717, 1.165) is 35.8 Å². The first-order chi connectivity index (χ1) is 13.8. The molecular formula is C22H26N6O. The molecule has 0 bridgehead atoms. The molecule has 0 N–H and O–H groups in total. The van der Waals surface area contributed by atoms with Crippen molar-refractivity contribution >= 4 is 28.6 Å². The number of hydrogen-bond acceptors (Lipinski definition) is 5. The van der Waals surface area contributed by atoms with Crippen molar-refractivity contribution < 1.29 is 4.79 Å². The molecule has 2 saturated heterocycles. The van der Waals surface area contributed by atoms with Crippen LogP contribution in [-0.4, -0.2) is 45.1 Å². The fourth-order valence-corrected chi connectivity index (χ4v) is 4.48. The molecule has 0 atom stereocenters. The number of fused-ring (bicyclic) bond motifs is 1. The van der Waals surface area contributed by atoms with Gasteiger partial charge in [0.2, 0.25) is 5.91 Å². The average Bonchev–Trinajstić information content (AvgIpc) is 3.09. The maximum absolute atomic E-state index is 12.5. The monoisotopic (exact) mass is 390 g/mol. The molecule has 5 rings (SSSR count). The highest BCUT2D eigenvalue weighted by molar-refractivity contribution is 5.95. The van der Waals surface area contributed by atoms with Gasteiger partial charge in [-0.25, -0.2) is 15.0 Å². The molecular weight excluding hydrogens is 364 g/mol. The Morgan fingerprint density at radius 3 is 2.48 bits per heavy atom. The summed E-state index contributed by atoms with van der Waals surface area (Å²) in [7, 11) is 2.08. The third-order valence-electron chi connectivity index (χ3n) is 6.00. The summed E-state index contributed by atoms with van der Waals surface area (Å²) >= 11 is 0. The third kappa shape index (κ3) is 3.05. The molecule has 0 unspecified atom stereocenters. The predicted octanol–water partition coefficient (Wildman–Crippen LogP) is 3.04. The van der Waals surface area contributed by atoms with Gasteiger partial charge in [0.1, 0.15) is 23.3 Å². The molecule has 29 heavy (non-hydrogen) atoms. The van der Waals surface area contributed by atoms with Gasteiger partial charge in [-0.15, -0.1) is 0 Å². The van der Waals surface area contributed by atoms with Crippen molar-refractivity contribution in [2.24, 2.45) is 12.5 Å². The van der Waals surface area contributed by atoms with Gasteiger partial charge in [0.15, 0.2) is 0 Å². The van der Waals surface area contributed by atoms with Gasteiger partial charge in [-0.05, 0) is 24.5 Å². The highest BCUT2D eigenvalue weighted by Crippen LogP contribution is 2.36. The van der Waals surface area contributed by atoms with Crippen LogP contribution >= 0.6 is 0 Å². The second-order valence-electron chi connectivity index (χ2n) is 9.07. The first-order valence-corrected chi connectivity index (χ1v) is 10.1. The van der Waals surface area contributed by atoms with Crippen LogP contribution in [0.3, 0.4) is 0 Å². The SMILES string of the molecule is Cc1nc(N2CC(c3nc4ccccc4n3C)C2)cc(N2CC(C)(C)CC2=O)n1. The number of hydrogen-bond donors (Lipinski definition) is 0. The van der Waals surface area contributed by atoms with Crippen molar-refractivity contribution in [3.8, 4) is 0 Å². The smallest absolute Gasteiger partial charge is 0.228 e. The zero-order chi connectivity index (χ0) is 20.3. The summed E-state index contributed by atoms with van der Waals surface area (Å²) in [6, 6.07) is 10.2. The van der Waals surface area contributed by atoms with E-state index in [0.29, 0.717) is 30.5 Å². The van der Waals surface area contributed by atoms with E-state index in [9.17, 15) is 4.79 Å². The maximum Gasteiger partial charge on any atom is 0.228 e. The highest BCUT2D eigenvalue weighted by Gasteiger charge is 2.38. The molecule has 2 aliphatic rings. The van der Waals surface area contributed by atoms with Gasteiger partial charge in [0.05, 0.1) is 17.0 Å². The molecule has 2 fully saturated rings. The van der Waals surface area contributed by atoms with Gasteiger partial charge < -0.3 is 9.47 Å². The Balaban J connectivity index is 1.37. The Hall–Kier alpha value is -2.96. The second kappa shape index (κ2) is 6.27. The summed E-state index contributed by atoms with van der Waals surface area (Å²) < 4.78 is 2.19. The molecule has 4 heterocycles. The summed E-state index contributed by atoms with van der Waals surface area (Å²) in [4.78, 5) is 30.5. The van der Waals surface area contributed by atoms with E-state index in [2.05, 4.69) is 52.5 Å². The van der Waals surface area contributed by atoms with E-state index in [1.54, 1.807) is 4.90 Å². The average molecular weight is 390 g/mol. The lowest BCUT2D eigenvalue weighted by atomic mass is 9.93. The number of aromatic nitrogens is 4. The van der Waals surface area contributed by atoms with Crippen molar-refractivity contribution in [2.75, 3.05) is 29.4 Å². The number of nitrogens with zero attached hydrogens (tertiary/aromatic N) is 6. The van der Waals surface area contributed by atoms with Crippen molar-refractivity contribution in [3.05, 3.63) is 42.0 Å². The van der Waals surface area contributed by atoms with Crippen LogP contribution in [0.1, 0.15) is 37.8 Å². The first-order valence-electron chi connectivity index (χ1n) is 10.1. The van der Waals surface area contributed by atoms with Crippen LogP contribution in [0.5, 0.6) is 0 Å². The lowest BCUT2D eigenvalue weighted by Gasteiger charge is -2.40. The Bertz CT molecular complexity index is 1110. The van der Waals surface area contributed by atoms with E-state index in [1.165, 1.54) is 0 Å². The molecule has 0 spiro atoms. The Morgan fingerprint density at radius 2 is 1.79 bits per heavy atom. The number of aryl methyl sites for hydroxylation is 2. The quantitative estimate of drug-likeness (QED) is 0.688. The van der Waals surface area contributed by atoms with Crippen LogP contribution < -0.4 is 9.80 Å². The highest BCUT2D eigenvalue weighted by atomic mass is 16.2. The van der Waals surface area contributed by atoms with Crippen LogP contribution in [-0.2, 0) is 11.8 Å². The van der Waals surface area contributed by atoms with Gasteiger partial charge in [0.25, 0.3) is 0 Å². The summed E-state index contributed by atoms with van der Waals surface area (Å²) in [5.41, 5.74) is 2.19. The van der Waals surface area contributed by atoms with Crippen LogP contribution in [0.4, 0.5) is 11.6 Å². The third-order valence-corrected chi connectivity index (χ3v) is 6.00. The molecule has 7 nitrogen and oxygen atoms in total. The van der Waals surface area contributed by atoms with Gasteiger partial charge in [-0.1, -0.05) is 26.0 Å². The van der Waals surface area contributed by atoms with E-state index in [1.807, 2.05) is 25.1 Å². The molecule has 1 amide bonds. The molecule has 3 aromatic rings. The molecule has 0 saturated carbocycles. The van der Waals surface area contributed by atoms with E-state index in [-0.39, 0.29) is 11.3 Å². The molecule has 2 aliphatic heterocycles. The summed E-state index contributed by atoms with van der Waals surface area (Å²) in [5.74, 6) is 3.93. The lowest BCUT2D eigenvalue weighted by molar-refractivity contribution is -0.117. The van der Waals surface area contributed by atoms with E-state index < -0.39 is 0 Å². The van der Waals surface area contributed by atoms with Gasteiger partial charge >= 0.3 is 0 Å². The molecule has 150 valence electrons.